The summed E-state index contributed by atoms with van der Waals surface area (Å²) in [6, 6.07) is 19.7. The molecule has 6 nitrogen and oxygen atoms in total. The molecule has 2 N–H and O–H groups in total. The normalized spacial score (nSPS) is 10.4. The predicted octanol–water partition coefficient (Wildman–Crippen LogP) is 3.68. The van der Waals surface area contributed by atoms with E-state index in [1.54, 1.807) is 30.3 Å². The van der Waals surface area contributed by atoms with E-state index in [1.807, 2.05) is 36.4 Å². The highest BCUT2D eigenvalue weighted by Crippen LogP contribution is 2.17. The number of ether oxygens (including phenoxy) is 1. The Morgan fingerprint density at radius 1 is 0.793 bits per heavy atom. The second-order valence-electron chi connectivity index (χ2n) is 6.32. The summed E-state index contributed by atoms with van der Waals surface area (Å²) in [5.41, 5.74) is 5.08. The predicted molar refractivity (Wildman–Crippen MR) is 111 cm³/mol. The van der Waals surface area contributed by atoms with Crippen LogP contribution in [0.3, 0.4) is 0 Å². The van der Waals surface area contributed by atoms with Crippen molar-refractivity contribution >= 4 is 40.0 Å². The number of benzene rings is 3. The number of halogens is 1. The summed E-state index contributed by atoms with van der Waals surface area (Å²) in [4.78, 5) is 35.9. The Kier molecular flexibility index (Phi) is 6.81. The fourth-order valence-corrected chi connectivity index (χ4v) is 2.78. The van der Waals surface area contributed by atoms with Crippen LogP contribution in [0.1, 0.15) is 23.2 Å². The number of fused-ring (bicyclic) bond motifs is 1. The fourth-order valence-electron chi connectivity index (χ4n) is 2.65. The summed E-state index contributed by atoms with van der Waals surface area (Å²) in [5, 5.41) is 2.58. The number of hydrogen-bond donors (Lipinski definition) is 2. The van der Waals surface area contributed by atoms with Crippen molar-refractivity contribution < 1.29 is 19.1 Å². The molecule has 0 unspecified atom stereocenters. The number of hydrogen-bond acceptors (Lipinski definition) is 4. The average Bonchev–Trinajstić information content (AvgIpc) is 2.75. The minimum atomic E-state index is -0.519. The molecule has 0 saturated carbocycles. The monoisotopic (exact) mass is 410 g/mol. The molecule has 0 spiro atoms. The molecule has 0 aliphatic rings. The maximum atomic E-state index is 12.3. The number of Topliss-reactive ketones (excluding diaryl/α,β-unsaturated/α-hetero) is 1. The SMILES string of the molecule is O=C(CCC(=O)c1ccc2ccccc2c1)NNC(=O)COc1ccc(Cl)cc1. The number of hydrazine groups is 1. The minimum Gasteiger partial charge on any atom is -0.484 e. The van der Waals surface area contributed by atoms with E-state index >= 15 is 0 Å². The van der Waals surface area contributed by atoms with Gasteiger partial charge in [0.1, 0.15) is 5.75 Å². The van der Waals surface area contributed by atoms with E-state index in [9.17, 15) is 14.4 Å². The molecule has 0 fully saturated rings. The molecule has 0 radical (unpaired) electrons. The molecule has 148 valence electrons. The Balaban J connectivity index is 1.40. The number of carbonyl (C=O) groups is 3. The lowest BCUT2D eigenvalue weighted by molar-refractivity contribution is -0.130. The van der Waals surface area contributed by atoms with E-state index < -0.39 is 11.8 Å². The molecular formula is C22H19ClN2O4. The highest BCUT2D eigenvalue weighted by atomic mass is 35.5. The van der Waals surface area contributed by atoms with Crippen LogP contribution in [0.25, 0.3) is 10.8 Å². The molecule has 0 saturated heterocycles. The van der Waals surface area contributed by atoms with Gasteiger partial charge in [0, 0.05) is 23.4 Å². The number of ketones is 1. The molecule has 3 aromatic carbocycles. The van der Waals surface area contributed by atoms with E-state index in [-0.39, 0.29) is 25.2 Å². The first kappa shape index (κ1) is 20.4. The second-order valence-corrected chi connectivity index (χ2v) is 6.76. The van der Waals surface area contributed by atoms with Gasteiger partial charge in [-0.05, 0) is 41.1 Å². The molecule has 0 heterocycles. The molecule has 7 heteroatoms. The zero-order valence-corrected chi connectivity index (χ0v) is 16.2. The first-order valence-corrected chi connectivity index (χ1v) is 9.37. The number of nitrogens with one attached hydrogen (secondary N) is 2. The maximum Gasteiger partial charge on any atom is 0.276 e. The Hall–Kier alpha value is -3.38. The van der Waals surface area contributed by atoms with Crippen molar-refractivity contribution in [3.63, 3.8) is 0 Å². The third-order valence-corrected chi connectivity index (χ3v) is 4.43. The number of amides is 2. The summed E-state index contributed by atoms with van der Waals surface area (Å²) in [5.74, 6) is -0.631. The summed E-state index contributed by atoms with van der Waals surface area (Å²) >= 11 is 5.77. The molecule has 2 amide bonds. The third-order valence-electron chi connectivity index (χ3n) is 4.18. The third kappa shape index (κ3) is 6.05. The zero-order chi connectivity index (χ0) is 20.6. The lowest BCUT2D eigenvalue weighted by Gasteiger charge is -2.09. The van der Waals surface area contributed by atoms with Crippen molar-refractivity contribution in [3.05, 3.63) is 77.3 Å². The van der Waals surface area contributed by atoms with Gasteiger partial charge in [-0.2, -0.15) is 0 Å². The van der Waals surface area contributed by atoms with Gasteiger partial charge in [-0.1, -0.05) is 48.0 Å². The van der Waals surface area contributed by atoms with Crippen LogP contribution in [0.15, 0.2) is 66.7 Å². The number of rotatable bonds is 7. The number of carbonyl (C=O) groups excluding carboxylic acids is 3. The van der Waals surface area contributed by atoms with Gasteiger partial charge in [0.2, 0.25) is 5.91 Å². The topological polar surface area (TPSA) is 84.5 Å². The van der Waals surface area contributed by atoms with Gasteiger partial charge in [-0.3, -0.25) is 25.2 Å². The minimum absolute atomic E-state index is 0.0377. The fraction of sp³-hybridized carbons (Fsp3) is 0.136. The zero-order valence-electron chi connectivity index (χ0n) is 15.5. The summed E-state index contributed by atoms with van der Waals surface area (Å²) in [6.45, 7) is -0.266. The largest absolute Gasteiger partial charge is 0.484 e. The first-order valence-electron chi connectivity index (χ1n) is 8.99. The van der Waals surface area contributed by atoms with Crippen LogP contribution in [0, 0.1) is 0 Å². The second kappa shape index (κ2) is 9.71. The Labute approximate surface area is 172 Å². The Morgan fingerprint density at radius 2 is 1.48 bits per heavy atom. The standard InChI is InChI=1S/C22H19ClN2O4/c23-18-7-9-19(10-8-18)29-14-22(28)25-24-21(27)12-11-20(26)17-6-5-15-3-1-2-4-16(15)13-17/h1-10,13H,11-12,14H2,(H,24,27)(H,25,28). The first-order chi connectivity index (χ1) is 14.0. The van der Waals surface area contributed by atoms with E-state index in [4.69, 9.17) is 16.3 Å². The van der Waals surface area contributed by atoms with Crippen LogP contribution in [0.5, 0.6) is 5.75 Å². The van der Waals surface area contributed by atoms with Gasteiger partial charge in [-0.15, -0.1) is 0 Å². The van der Waals surface area contributed by atoms with E-state index in [1.165, 1.54) is 0 Å². The van der Waals surface area contributed by atoms with Gasteiger partial charge in [-0.25, -0.2) is 0 Å². The van der Waals surface area contributed by atoms with Gasteiger partial charge < -0.3 is 4.74 Å². The van der Waals surface area contributed by atoms with E-state index in [0.717, 1.165) is 10.8 Å². The molecule has 0 aromatic heterocycles. The smallest absolute Gasteiger partial charge is 0.276 e. The molecule has 0 aliphatic carbocycles. The lowest BCUT2D eigenvalue weighted by Crippen LogP contribution is -2.43. The van der Waals surface area contributed by atoms with Crippen molar-refractivity contribution in [2.45, 2.75) is 12.8 Å². The quantitative estimate of drug-likeness (QED) is 0.459. The van der Waals surface area contributed by atoms with Gasteiger partial charge >= 0.3 is 0 Å². The average molecular weight is 411 g/mol. The molecular weight excluding hydrogens is 392 g/mol. The van der Waals surface area contributed by atoms with E-state index in [0.29, 0.717) is 16.3 Å². The van der Waals surface area contributed by atoms with Crippen LogP contribution < -0.4 is 15.6 Å². The Morgan fingerprint density at radius 3 is 2.24 bits per heavy atom. The summed E-state index contributed by atoms with van der Waals surface area (Å²) in [7, 11) is 0. The van der Waals surface area contributed by atoms with Gasteiger partial charge in [0.15, 0.2) is 12.4 Å². The summed E-state index contributed by atoms with van der Waals surface area (Å²) < 4.78 is 5.27. The Bertz CT molecular complexity index is 1030. The molecule has 29 heavy (non-hydrogen) atoms. The maximum absolute atomic E-state index is 12.3. The highest BCUT2D eigenvalue weighted by molar-refractivity contribution is 6.30. The van der Waals surface area contributed by atoms with Crippen molar-refractivity contribution in [2.24, 2.45) is 0 Å². The molecule has 0 atom stereocenters. The van der Waals surface area contributed by atoms with Crippen LogP contribution in [-0.2, 0) is 9.59 Å². The molecule has 0 bridgehead atoms. The van der Waals surface area contributed by atoms with E-state index in [2.05, 4.69) is 10.9 Å². The van der Waals surface area contributed by atoms with Crippen molar-refractivity contribution in [1.82, 2.24) is 10.9 Å². The van der Waals surface area contributed by atoms with Gasteiger partial charge in [0.05, 0.1) is 0 Å². The van der Waals surface area contributed by atoms with Crippen LogP contribution in [0.2, 0.25) is 5.02 Å². The van der Waals surface area contributed by atoms with Crippen molar-refractivity contribution in [2.75, 3.05) is 6.61 Å². The highest BCUT2D eigenvalue weighted by Gasteiger charge is 2.11. The lowest BCUT2D eigenvalue weighted by atomic mass is 10.0. The van der Waals surface area contributed by atoms with Crippen LogP contribution >= 0.6 is 11.6 Å². The molecule has 3 aromatic rings. The van der Waals surface area contributed by atoms with Crippen LogP contribution in [0.4, 0.5) is 0 Å². The van der Waals surface area contributed by atoms with Gasteiger partial charge in [0.25, 0.3) is 5.91 Å². The molecule has 0 aliphatic heterocycles. The summed E-state index contributed by atoms with van der Waals surface area (Å²) in [6.07, 6.45) is 0.00526. The van der Waals surface area contributed by atoms with Crippen LogP contribution in [-0.4, -0.2) is 24.2 Å². The van der Waals surface area contributed by atoms with Crippen molar-refractivity contribution in [3.8, 4) is 5.75 Å². The molecule has 3 rings (SSSR count). The van der Waals surface area contributed by atoms with Crippen molar-refractivity contribution in [1.29, 1.82) is 0 Å².